The fourth-order valence-electron chi connectivity index (χ4n) is 2.25. The number of rotatable bonds is 7. The summed E-state index contributed by atoms with van der Waals surface area (Å²) in [5.74, 6) is 0. The van der Waals surface area contributed by atoms with E-state index in [1.54, 1.807) is 0 Å². The Morgan fingerprint density at radius 1 is 1.09 bits per heavy atom. The van der Waals surface area contributed by atoms with Crippen molar-refractivity contribution in [3.63, 3.8) is 0 Å². The van der Waals surface area contributed by atoms with Gasteiger partial charge in [-0.15, -0.1) is 0 Å². The normalized spacial score (nSPS) is 10.3. The smallest absolute Gasteiger partial charge is 0.0706 e. The predicted octanol–water partition coefficient (Wildman–Crippen LogP) is 3.94. The molecule has 22 heavy (non-hydrogen) atoms. The molecule has 0 saturated heterocycles. The minimum Gasteiger partial charge on any atom is -0.398 e. The first-order valence-electron chi connectivity index (χ1n) is 7.66. The van der Waals surface area contributed by atoms with Crippen LogP contribution in [0.4, 0.5) is 17.1 Å². The molecule has 4 nitrogen and oxygen atoms in total. The molecule has 2 aromatic carbocycles. The van der Waals surface area contributed by atoms with E-state index in [9.17, 15) is 0 Å². The number of anilines is 3. The molecule has 5 N–H and O–H groups in total. The van der Waals surface area contributed by atoms with E-state index in [-0.39, 0.29) is 0 Å². The molecule has 0 aliphatic heterocycles. The van der Waals surface area contributed by atoms with Crippen LogP contribution in [0.1, 0.15) is 30.9 Å². The molecule has 0 radical (unpaired) electrons. The molecule has 0 bridgehead atoms. The van der Waals surface area contributed by atoms with Gasteiger partial charge in [0, 0.05) is 41.8 Å². The standard InChI is InChI=1S/C18H24N4/c1-3-4-11-22-14-7-5-13(6-8-14)18(20)16-12-15(21-2)9-10-17(16)19/h5-10,12,20-22H,3-4,11,19H2,1-2H3. The Balaban J connectivity index is 2.16. The molecule has 0 unspecified atom stereocenters. The highest BCUT2D eigenvalue weighted by Crippen LogP contribution is 2.21. The molecule has 0 spiro atoms. The fraction of sp³-hybridized carbons (Fsp3) is 0.278. The monoisotopic (exact) mass is 296 g/mol. The summed E-state index contributed by atoms with van der Waals surface area (Å²) < 4.78 is 0. The average Bonchev–Trinajstić information content (AvgIpc) is 2.55. The molecule has 0 amide bonds. The fourth-order valence-corrected chi connectivity index (χ4v) is 2.25. The molecule has 2 rings (SSSR count). The van der Waals surface area contributed by atoms with Gasteiger partial charge in [-0.3, -0.25) is 5.41 Å². The lowest BCUT2D eigenvalue weighted by Gasteiger charge is -2.11. The van der Waals surface area contributed by atoms with Crippen molar-refractivity contribution in [2.75, 3.05) is 30.0 Å². The summed E-state index contributed by atoms with van der Waals surface area (Å²) in [6, 6.07) is 13.6. The molecule has 0 atom stereocenters. The number of benzene rings is 2. The summed E-state index contributed by atoms with van der Waals surface area (Å²) in [5, 5.41) is 14.8. The molecule has 116 valence electrons. The van der Waals surface area contributed by atoms with Crippen LogP contribution in [-0.2, 0) is 0 Å². The van der Waals surface area contributed by atoms with E-state index in [0.717, 1.165) is 35.5 Å². The molecule has 0 aliphatic rings. The first-order chi connectivity index (χ1) is 10.7. The van der Waals surface area contributed by atoms with Crippen molar-refractivity contribution in [3.8, 4) is 0 Å². The minimum atomic E-state index is 0.440. The Morgan fingerprint density at radius 2 is 1.77 bits per heavy atom. The average molecular weight is 296 g/mol. The second-order valence-electron chi connectivity index (χ2n) is 5.28. The first-order valence-corrected chi connectivity index (χ1v) is 7.66. The molecular formula is C18H24N4. The van der Waals surface area contributed by atoms with Gasteiger partial charge in [-0.05, 0) is 36.8 Å². The maximum Gasteiger partial charge on any atom is 0.0706 e. The Hall–Kier alpha value is -2.49. The summed E-state index contributed by atoms with van der Waals surface area (Å²) in [5.41, 5.74) is 10.7. The van der Waals surface area contributed by atoms with E-state index in [4.69, 9.17) is 11.1 Å². The molecule has 2 aromatic rings. The summed E-state index contributed by atoms with van der Waals surface area (Å²) >= 11 is 0. The highest BCUT2D eigenvalue weighted by atomic mass is 14.9. The summed E-state index contributed by atoms with van der Waals surface area (Å²) in [6.07, 6.45) is 2.34. The van der Waals surface area contributed by atoms with Gasteiger partial charge in [-0.2, -0.15) is 0 Å². The van der Waals surface area contributed by atoms with E-state index in [1.807, 2.05) is 49.5 Å². The van der Waals surface area contributed by atoms with Crippen molar-refractivity contribution in [2.24, 2.45) is 0 Å². The van der Waals surface area contributed by atoms with Crippen LogP contribution in [0.25, 0.3) is 0 Å². The third-order valence-electron chi connectivity index (χ3n) is 3.64. The van der Waals surface area contributed by atoms with Gasteiger partial charge in [0.05, 0.1) is 5.71 Å². The lowest BCUT2D eigenvalue weighted by atomic mass is 10.00. The van der Waals surface area contributed by atoms with Gasteiger partial charge in [-0.25, -0.2) is 0 Å². The summed E-state index contributed by atoms with van der Waals surface area (Å²) in [6.45, 7) is 3.15. The van der Waals surface area contributed by atoms with Crippen molar-refractivity contribution in [1.29, 1.82) is 5.41 Å². The number of nitrogens with two attached hydrogens (primary N) is 1. The zero-order valence-corrected chi connectivity index (χ0v) is 13.2. The maximum atomic E-state index is 8.39. The predicted molar refractivity (Wildman–Crippen MR) is 96.2 cm³/mol. The van der Waals surface area contributed by atoms with Crippen molar-refractivity contribution in [1.82, 2.24) is 0 Å². The maximum absolute atomic E-state index is 8.39. The second-order valence-corrected chi connectivity index (χ2v) is 5.28. The van der Waals surface area contributed by atoms with E-state index >= 15 is 0 Å². The summed E-state index contributed by atoms with van der Waals surface area (Å²) in [7, 11) is 1.86. The van der Waals surface area contributed by atoms with Crippen molar-refractivity contribution >= 4 is 22.8 Å². The van der Waals surface area contributed by atoms with Crippen LogP contribution in [0.15, 0.2) is 42.5 Å². The largest absolute Gasteiger partial charge is 0.398 e. The van der Waals surface area contributed by atoms with Crippen LogP contribution in [0.5, 0.6) is 0 Å². The quantitative estimate of drug-likeness (QED) is 0.355. The Labute approximate surface area is 132 Å². The number of nitrogens with one attached hydrogen (secondary N) is 3. The number of unbranched alkanes of at least 4 members (excludes halogenated alkanes) is 1. The molecule has 0 aromatic heterocycles. The Morgan fingerprint density at radius 3 is 2.41 bits per heavy atom. The van der Waals surface area contributed by atoms with Crippen LogP contribution in [0, 0.1) is 5.41 Å². The van der Waals surface area contributed by atoms with Crippen LogP contribution in [0.2, 0.25) is 0 Å². The molecule has 0 saturated carbocycles. The zero-order valence-electron chi connectivity index (χ0n) is 13.2. The molecule has 0 aliphatic carbocycles. The van der Waals surface area contributed by atoms with Crippen LogP contribution in [0.3, 0.4) is 0 Å². The minimum absolute atomic E-state index is 0.440. The van der Waals surface area contributed by atoms with Gasteiger partial charge in [0.15, 0.2) is 0 Å². The highest BCUT2D eigenvalue weighted by molar-refractivity contribution is 6.14. The third kappa shape index (κ3) is 3.79. The molecule has 4 heteroatoms. The van der Waals surface area contributed by atoms with E-state index in [0.29, 0.717) is 11.4 Å². The molecular weight excluding hydrogens is 272 g/mol. The third-order valence-corrected chi connectivity index (χ3v) is 3.64. The Kier molecular flexibility index (Phi) is 5.42. The van der Waals surface area contributed by atoms with Crippen molar-refractivity contribution in [3.05, 3.63) is 53.6 Å². The topological polar surface area (TPSA) is 73.9 Å². The molecule has 0 heterocycles. The lowest BCUT2D eigenvalue weighted by Crippen LogP contribution is -2.07. The lowest BCUT2D eigenvalue weighted by molar-refractivity contribution is 0.834. The van der Waals surface area contributed by atoms with E-state index < -0.39 is 0 Å². The van der Waals surface area contributed by atoms with Gasteiger partial charge in [0.25, 0.3) is 0 Å². The van der Waals surface area contributed by atoms with E-state index in [2.05, 4.69) is 17.6 Å². The van der Waals surface area contributed by atoms with Crippen LogP contribution in [-0.4, -0.2) is 19.3 Å². The Bertz CT molecular complexity index is 632. The van der Waals surface area contributed by atoms with Gasteiger partial charge in [-0.1, -0.05) is 25.5 Å². The SMILES string of the molecule is CCCCNc1ccc(C(=N)c2cc(NC)ccc2N)cc1. The second kappa shape index (κ2) is 7.50. The van der Waals surface area contributed by atoms with Gasteiger partial charge < -0.3 is 16.4 Å². The van der Waals surface area contributed by atoms with Crippen molar-refractivity contribution < 1.29 is 0 Å². The van der Waals surface area contributed by atoms with Crippen LogP contribution >= 0.6 is 0 Å². The van der Waals surface area contributed by atoms with Crippen molar-refractivity contribution in [2.45, 2.75) is 19.8 Å². The number of nitrogen functional groups attached to an aromatic ring is 1. The molecule has 0 fully saturated rings. The van der Waals surface area contributed by atoms with Gasteiger partial charge in [0.1, 0.15) is 0 Å². The zero-order chi connectivity index (χ0) is 15.9. The number of hydrogen-bond acceptors (Lipinski definition) is 4. The number of hydrogen-bond donors (Lipinski definition) is 4. The highest BCUT2D eigenvalue weighted by Gasteiger charge is 2.09. The summed E-state index contributed by atoms with van der Waals surface area (Å²) in [4.78, 5) is 0. The van der Waals surface area contributed by atoms with Gasteiger partial charge in [0.2, 0.25) is 0 Å². The van der Waals surface area contributed by atoms with E-state index in [1.165, 1.54) is 6.42 Å². The van der Waals surface area contributed by atoms with Gasteiger partial charge >= 0.3 is 0 Å². The first kappa shape index (κ1) is 15.9. The van der Waals surface area contributed by atoms with Crippen LogP contribution < -0.4 is 16.4 Å².